The minimum atomic E-state index is -0.271. The number of rotatable bonds is 4. The highest BCUT2D eigenvalue weighted by molar-refractivity contribution is 5.58. The summed E-state index contributed by atoms with van der Waals surface area (Å²) in [6.07, 6.45) is 0. The fourth-order valence-corrected chi connectivity index (χ4v) is 2.63. The van der Waals surface area contributed by atoms with E-state index in [9.17, 15) is 0 Å². The van der Waals surface area contributed by atoms with E-state index in [0.717, 1.165) is 44.2 Å². The Balaban J connectivity index is 1.96. The first-order valence-electron chi connectivity index (χ1n) is 7.07. The van der Waals surface area contributed by atoms with Gasteiger partial charge in [0.25, 0.3) is 0 Å². The van der Waals surface area contributed by atoms with Crippen LogP contribution in [0, 0.1) is 16.7 Å². The number of hydrogen-bond acceptors (Lipinski definition) is 4. The molecule has 0 saturated carbocycles. The van der Waals surface area contributed by atoms with E-state index in [-0.39, 0.29) is 5.41 Å². The van der Waals surface area contributed by atoms with Gasteiger partial charge in [-0.3, -0.25) is 4.90 Å². The van der Waals surface area contributed by atoms with Gasteiger partial charge in [-0.15, -0.1) is 0 Å². The molecule has 0 aromatic heterocycles. The molecule has 4 nitrogen and oxygen atoms in total. The minimum Gasteiger partial charge on any atom is -0.495 e. The molecule has 0 unspecified atom stereocenters. The van der Waals surface area contributed by atoms with E-state index in [4.69, 9.17) is 10.00 Å². The zero-order valence-electron chi connectivity index (χ0n) is 12.6. The molecule has 0 bridgehead atoms. The summed E-state index contributed by atoms with van der Waals surface area (Å²) in [5, 5.41) is 9.12. The minimum absolute atomic E-state index is 0.271. The number of anilines is 1. The lowest BCUT2D eigenvalue weighted by molar-refractivity contribution is 0.202. The number of ether oxygens (including phenoxy) is 1. The summed E-state index contributed by atoms with van der Waals surface area (Å²) < 4.78 is 5.43. The second kappa shape index (κ2) is 6.15. The molecule has 2 rings (SSSR count). The number of para-hydroxylation sites is 2. The van der Waals surface area contributed by atoms with Crippen molar-refractivity contribution in [1.29, 1.82) is 5.26 Å². The number of piperazine rings is 1. The fourth-order valence-electron chi connectivity index (χ4n) is 2.63. The van der Waals surface area contributed by atoms with Crippen molar-refractivity contribution in [3.63, 3.8) is 0 Å². The van der Waals surface area contributed by atoms with E-state index >= 15 is 0 Å². The van der Waals surface area contributed by atoms with Gasteiger partial charge in [0.1, 0.15) is 5.75 Å². The van der Waals surface area contributed by atoms with Crippen molar-refractivity contribution in [2.45, 2.75) is 13.8 Å². The standard InChI is InChI=1S/C16H23N3O/c1-16(2,12-17)13-18-8-10-19(11-9-18)14-6-4-5-7-15(14)20-3/h4-7H,8-11,13H2,1-3H3. The molecule has 1 aliphatic rings. The van der Waals surface area contributed by atoms with Crippen LogP contribution >= 0.6 is 0 Å². The molecule has 1 saturated heterocycles. The third-order valence-electron chi connectivity index (χ3n) is 3.72. The predicted octanol–water partition coefficient (Wildman–Crippen LogP) is 2.37. The van der Waals surface area contributed by atoms with Crippen LogP contribution in [0.15, 0.2) is 24.3 Å². The zero-order valence-corrected chi connectivity index (χ0v) is 12.6. The molecule has 1 aromatic carbocycles. The Hall–Kier alpha value is -1.73. The fraction of sp³-hybridized carbons (Fsp3) is 0.562. The Morgan fingerprint density at radius 2 is 1.85 bits per heavy atom. The van der Waals surface area contributed by atoms with Gasteiger partial charge in [-0.05, 0) is 26.0 Å². The molecule has 0 amide bonds. The molecule has 4 heteroatoms. The average Bonchev–Trinajstić information content (AvgIpc) is 2.48. The Morgan fingerprint density at radius 3 is 2.45 bits per heavy atom. The topological polar surface area (TPSA) is 39.5 Å². The highest BCUT2D eigenvalue weighted by Gasteiger charge is 2.25. The van der Waals surface area contributed by atoms with Crippen LogP contribution in [0.25, 0.3) is 0 Å². The van der Waals surface area contributed by atoms with Crippen LogP contribution < -0.4 is 9.64 Å². The maximum atomic E-state index is 9.12. The lowest BCUT2D eigenvalue weighted by Crippen LogP contribution is -2.49. The van der Waals surface area contributed by atoms with E-state index < -0.39 is 0 Å². The normalized spacial score (nSPS) is 16.8. The summed E-state index contributed by atoms with van der Waals surface area (Å²) in [5.41, 5.74) is 0.890. The van der Waals surface area contributed by atoms with Crippen LogP contribution in [0.4, 0.5) is 5.69 Å². The van der Waals surface area contributed by atoms with Crippen molar-refractivity contribution >= 4 is 5.69 Å². The van der Waals surface area contributed by atoms with Crippen LogP contribution in [0.3, 0.4) is 0 Å². The van der Waals surface area contributed by atoms with Crippen LogP contribution in [0.2, 0.25) is 0 Å². The Morgan fingerprint density at radius 1 is 1.20 bits per heavy atom. The molecule has 1 aromatic rings. The van der Waals surface area contributed by atoms with Crippen molar-refractivity contribution in [1.82, 2.24) is 4.90 Å². The Labute approximate surface area is 121 Å². The van der Waals surface area contributed by atoms with Crippen LogP contribution in [-0.2, 0) is 0 Å². The summed E-state index contributed by atoms with van der Waals surface area (Å²) >= 11 is 0. The molecule has 0 radical (unpaired) electrons. The predicted molar refractivity (Wildman–Crippen MR) is 81.0 cm³/mol. The molecule has 20 heavy (non-hydrogen) atoms. The maximum Gasteiger partial charge on any atom is 0.142 e. The third-order valence-corrected chi connectivity index (χ3v) is 3.72. The van der Waals surface area contributed by atoms with Gasteiger partial charge in [0.05, 0.1) is 24.3 Å². The second-order valence-corrected chi connectivity index (χ2v) is 5.93. The average molecular weight is 273 g/mol. The number of nitriles is 1. The highest BCUT2D eigenvalue weighted by Crippen LogP contribution is 2.28. The van der Waals surface area contributed by atoms with Crippen molar-refractivity contribution in [2.75, 3.05) is 44.7 Å². The first kappa shape index (κ1) is 14.7. The smallest absolute Gasteiger partial charge is 0.142 e. The highest BCUT2D eigenvalue weighted by atomic mass is 16.5. The second-order valence-electron chi connectivity index (χ2n) is 5.93. The SMILES string of the molecule is COc1ccccc1N1CCN(CC(C)(C)C#N)CC1. The van der Waals surface area contributed by atoms with Crippen LogP contribution in [-0.4, -0.2) is 44.7 Å². The molecule has 1 fully saturated rings. The van der Waals surface area contributed by atoms with Crippen molar-refractivity contribution < 1.29 is 4.74 Å². The van der Waals surface area contributed by atoms with E-state index in [0.29, 0.717) is 0 Å². The molecule has 108 valence electrons. The number of nitrogens with zero attached hydrogens (tertiary/aromatic N) is 3. The molecule has 0 N–H and O–H groups in total. The Kier molecular flexibility index (Phi) is 4.51. The van der Waals surface area contributed by atoms with Gasteiger partial charge in [-0.2, -0.15) is 5.26 Å². The summed E-state index contributed by atoms with van der Waals surface area (Å²) in [5.74, 6) is 0.929. The van der Waals surface area contributed by atoms with Gasteiger partial charge in [-0.1, -0.05) is 12.1 Å². The van der Waals surface area contributed by atoms with Crippen molar-refractivity contribution in [3.05, 3.63) is 24.3 Å². The van der Waals surface area contributed by atoms with Gasteiger partial charge in [0.15, 0.2) is 0 Å². The third kappa shape index (κ3) is 3.43. The van der Waals surface area contributed by atoms with E-state index in [1.165, 1.54) is 0 Å². The molecular weight excluding hydrogens is 250 g/mol. The lowest BCUT2D eigenvalue weighted by atomic mass is 9.95. The quantitative estimate of drug-likeness (QED) is 0.844. The summed E-state index contributed by atoms with van der Waals surface area (Å²) in [6.45, 7) is 8.76. The molecule has 0 spiro atoms. The maximum absolute atomic E-state index is 9.12. The van der Waals surface area contributed by atoms with Crippen molar-refractivity contribution in [2.24, 2.45) is 5.41 Å². The number of hydrogen-bond donors (Lipinski definition) is 0. The van der Waals surface area contributed by atoms with Gasteiger partial charge < -0.3 is 9.64 Å². The summed E-state index contributed by atoms with van der Waals surface area (Å²) in [7, 11) is 1.71. The lowest BCUT2D eigenvalue weighted by Gasteiger charge is -2.38. The largest absolute Gasteiger partial charge is 0.495 e. The Bertz CT molecular complexity index is 485. The first-order chi connectivity index (χ1) is 9.55. The van der Waals surface area contributed by atoms with Crippen molar-refractivity contribution in [3.8, 4) is 11.8 Å². The molecule has 0 aliphatic carbocycles. The van der Waals surface area contributed by atoms with Crippen LogP contribution in [0.5, 0.6) is 5.75 Å². The van der Waals surface area contributed by atoms with Gasteiger partial charge in [0.2, 0.25) is 0 Å². The van der Waals surface area contributed by atoms with Gasteiger partial charge in [0, 0.05) is 32.7 Å². The van der Waals surface area contributed by atoms with E-state index in [1.807, 2.05) is 32.0 Å². The zero-order chi connectivity index (χ0) is 14.6. The molecule has 0 atom stereocenters. The number of methoxy groups -OCH3 is 1. The van der Waals surface area contributed by atoms with Gasteiger partial charge >= 0.3 is 0 Å². The van der Waals surface area contributed by atoms with Gasteiger partial charge in [-0.25, -0.2) is 0 Å². The summed E-state index contributed by atoms with van der Waals surface area (Å²) in [6, 6.07) is 10.5. The first-order valence-corrected chi connectivity index (χ1v) is 7.07. The number of benzene rings is 1. The van der Waals surface area contributed by atoms with E-state index in [1.54, 1.807) is 7.11 Å². The monoisotopic (exact) mass is 273 g/mol. The van der Waals surface area contributed by atoms with Crippen LogP contribution in [0.1, 0.15) is 13.8 Å². The molecule has 1 aliphatic heterocycles. The molecular formula is C16H23N3O. The summed E-state index contributed by atoms with van der Waals surface area (Å²) in [4.78, 5) is 4.73. The molecule has 1 heterocycles. The van der Waals surface area contributed by atoms with E-state index in [2.05, 4.69) is 21.9 Å².